The molecule has 1 amide bonds. The highest BCUT2D eigenvalue weighted by Crippen LogP contribution is 2.20. The molecule has 0 spiro atoms. The maximum absolute atomic E-state index is 11.9. The summed E-state index contributed by atoms with van der Waals surface area (Å²) in [5, 5.41) is 13.2. The molecular weight excluding hydrogens is 274 g/mol. The Morgan fingerprint density at radius 3 is 3.05 bits per heavy atom. The summed E-state index contributed by atoms with van der Waals surface area (Å²) in [5.74, 6) is 5.25. The molecule has 1 fully saturated rings. The van der Waals surface area contributed by atoms with E-state index in [1.54, 1.807) is 11.4 Å². The molecule has 0 aliphatic heterocycles. The number of carbonyl (C=O) groups is 1. The summed E-state index contributed by atoms with van der Waals surface area (Å²) < 4.78 is 5.69. The van der Waals surface area contributed by atoms with Crippen LogP contribution in [0, 0.1) is 11.8 Å². The van der Waals surface area contributed by atoms with Crippen LogP contribution in [0.2, 0.25) is 0 Å². The van der Waals surface area contributed by atoms with Gasteiger partial charge in [0.1, 0.15) is 6.61 Å². The number of hydrogen-bond acceptors (Lipinski definition) is 4. The average Bonchev–Trinajstić information content (AvgIpc) is 3.12. The lowest BCUT2D eigenvalue weighted by atomic mass is 10.3. The maximum Gasteiger partial charge on any atom is 0.252 e. The van der Waals surface area contributed by atoms with Crippen LogP contribution in [-0.4, -0.2) is 36.9 Å². The first kappa shape index (κ1) is 15.0. The lowest BCUT2D eigenvalue weighted by molar-refractivity contribution is 0.0582. The monoisotopic (exact) mass is 293 g/mol. The summed E-state index contributed by atoms with van der Waals surface area (Å²) in [5.41, 5.74) is 0.609. The van der Waals surface area contributed by atoms with Gasteiger partial charge in [-0.2, -0.15) is 0 Å². The number of amides is 1. The van der Waals surface area contributed by atoms with Gasteiger partial charge in [0.15, 0.2) is 0 Å². The second kappa shape index (κ2) is 8.05. The molecule has 1 aromatic heterocycles. The second-order valence-corrected chi connectivity index (χ2v) is 5.60. The van der Waals surface area contributed by atoms with Gasteiger partial charge in [-0.15, -0.1) is 11.3 Å². The molecule has 1 saturated carbocycles. The van der Waals surface area contributed by atoms with Gasteiger partial charge in [0.05, 0.1) is 23.2 Å². The van der Waals surface area contributed by atoms with Gasteiger partial charge in [-0.25, -0.2) is 0 Å². The predicted octanol–water partition coefficient (Wildman–Crippen LogP) is 1.78. The molecule has 0 radical (unpaired) electrons. The fourth-order valence-electron chi connectivity index (χ4n) is 2.19. The van der Waals surface area contributed by atoms with Crippen molar-refractivity contribution in [2.75, 3.05) is 19.8 Å². The van der Waals surface area contributed by atoms with Crippen LogP contribution in [-0.2, 0) is 4.74 Å². The molecule has 0 atom stereocenters. The van der Waals surface area contributed by atoms with Crippen molar-refractivity contribution in [3.8, 4) is 11.8 Å². The molecule has 2 N–H and O–H groups in total. The number of nitrogens with one attached hydrogen (secondary N) is 1. The van der Waals surface area contributed by atoms with Crippen molar-refractivity contribution in [1.82, 2.24) is 5.32 Å². The van der Waals surface area contributed by atoms with Gasteiger partial charge in [-0.1, -0.05) is 24.7 Å². The van der Waals surface area contributed by atoms with Crippen LogP contribution in [0.5, 0.6) is 0 Å². The van der Waals surface area contributed by atoms with Gasteiger partial charge in [-0.3, -0.25) is 4.79 Å². The minimum absolute atomic E-state index is 0.103. The molecule has 108 valence electrons. The minimum Gasteiger partial charge on any atom is -0.384 e. The summed E-state index contributed by atoms with van der Waals surface area (Å²) in [6.45, 7) is 0.929. The summed E-state index contributed by atoms with van der Waals surface area (Å²) in [7, 11) is 0. The molecule has 2 rings (SSSR count). The molecule has 5 heteroatoms. The van der Waals surface area contributed by atoms with Crippen LogP contribution in [0.4, 0.5) is 0 Å². The van der Waals surface area contributed by atoms with Crippen molar-refractivity contribution >= 4 is 17.2 Å². The fourth-order valence-corrected chi connectivity index (χ4v) is 2.95. The number of hydrogen-bond donors (Lipinski definition) is 2. The van der Waals surface area contributed by atoms with Crippen LogP contribution in [0.25, 0.3) is 0 Å². The number of rotatable bonds is 5. The van der Waals surface area contributed by atoms with E-state index in [-0.39, 0.29) is 12.5 Å². The van der Waals surface area contributed by atoms with Gasteiger partial charge in [0, 0.05) is 11.9 Å². The third kappa shape index (κ3) is 4.64. The van der Waals surface area contributed by atoms with E-state index < -0.39 is 0 Å². The fraction of sp³-hybridized carbons (Fsp3) is 0.533. The van der Waals surface area contributed by atoms with Crippen molar-refractivity contribution in [2.24, 2.45) is 0 Å². The molecule has 0 bridgehead atoms. The SMILES string of the molecule is O=C(NCCOC1CCCC1)c1csc(C#CCO)c1. The van der Waals surface area contributed by atoms with E-state index in [0.29, 0.717) is 24.8 Å². The van der Waals surface area contributed by atoms with E-state index in [9.17, 15) is 4.79 Å². The molecule has 1 aliphatic rings. The number of carbonyl (C=O) groups excluding carboxylic acids is 1. The Morgan fingerprint density at radius 2 is 2.30 bits per heavy atom. The van der Waals surface area contributed by atoms with Crippen molar-refractivity contribution in [3.05, 3.63) is 21.9 Å². The third-order valence-electron chi connectivity index (χ3n) is 3.20. The van der Waals surface area contributed by atoms with Gasteiger partial charge < -0.3 is 15.2 Å². The smallest absolute Gasteiger partial charge is 0.252 e. The lowest BCUT2D eigenvalue weighted by Crippen LogP contribution is -2.28. The molecule has 4 nitrogen and oxygen atoms in total. The normalized spacial score (nSPS) is 14.8. The van der Waals surface area contributed by atoms with Crippen molar-refractivity contribution < 1.29 is 14.6 Å². The molecular formula is C15H19NO3S. The summed E-state index contributed by atoms with van der Waals surface area (Å²) >= 11 is 1.40. The van der Waals surface area contributed by atoms with E-state index in [2.05, 4.69) is 17.2 Å². The van der Waals surface area contributed by atoms with E-state index in [0.717, 1.165) is 17.7 Å². The quantitative estimate of drug-likeness (QED) is 0.643. The van der Waals surface area contributed by atoms with Gasteiger partial charge in [0.2, 0.25) is 0 Å². The second-order valence-electron chi connectivity index (χ2n) is 4.69. The molecule has 0 unspecified atom stereocenters. The maximum atomic E-state index is 11.9. The zero-order valence-corrected chi connectivity index (χ0v) is 12.2. The number of aliphatic hydroxyl groups is 1. The number of aliphatic hydroxyl groups excluding tert-OH is 1. The van der Waals surface area contributed by atoms with Gasteiger partial charge in [-0.05, 0) is 18.9 Å². The summed E-state index contributed by atoms with van der Waals surface area (Å²) in [6.07, 6.45) is 5.18. The molecule has 1 heterocycles. The first-order valence-electron chi connectivity index (χ1n) is 6.87. The topological polar surface area (TPSA) is 58.6 Å². The van der Waals surface area contributed by atoms with Crippen LogP contribution >= 0.6 is 11.3 Å². The zero-order chi connectivity index (χ0) is 14.2. The largest absolute Gasteiger partial charge is 0.384 e. The highest BCUT2D eigenvalue weighted by Gasteiger charge is 2.15. The first-order chi connectivity index (χ1) is 9.79. The number of thiophene rings is 1. The Labute approximate surface area is 123 Å². The standard InChI is InChI=1S/C15H19NO3S/c17-8-3-6-14-10-12(11-20-14)15(18)16-7-9-19-13-4-1-2-5-13/h10-11,13,17H,1-2,4-5,7-9H2,(H,16,18). The first-order valence-corrected chi connectivity index (χ1v) is 7.75. The van der Waals surface area contributed by atoms with Gasteiger partial charge in [0.25, 0.3) is 5.91 Å². The Hall–Kier alpha value is -1.35. The van der Waals surface area contributed by atoms with E-state index >= 15 is 0 Å². The lowest BCUT2D eigenvalue weighted by Gasteiger charge is -2.11. The van der Waals surface area contributed by atoms with Crippen molar-refractivity contribution in [2.45, 2.75) is 31.8 Å². The van der Waals surface area contributed by atoms with Crippen LogP contribution in [0.1, 0.15) is 40.9 Å². The minimum atomic E-state index is -0.169. The number of ether oxygens (including phenoxy) is 1. The zero-order valence-electron chi connectivity index (χ0n) is 11.4. The Kier molecular flexibility index (Phi) is 6.06. The van der Waals surface area contributed by atoms with Crippen molar-refractivity contribution in [1.29, 1.82) is 0 Å². The van der Waals surface area contributed by atoms with Gasteiger partial charge >= 0.3 is 0 Å². The summed E-state index contributed by atoms with van der Waals surface area (Å²) in [4.78, 5) is 12.7. The van der Waals surface area contributed by atoms with Crippen molar-refractivity contribution in [3.63, 3.8) is 0 Å². The average molecular weight is 293 g/mol. The third-order valence-corrected chi connectivity index (χ3v) is 4.04. The highest BCUT2D eigenvalue weighted by atomic mass is 32.1. The summed E-state index contributed by atoms with van der Waals surface area (Å²) in [6, 6.07) is 1.74. The molecule has 1 aromatic rings. The molecule has 0 aromatic carbocycles. The van der Waals surface area contributed by atoms with E-state index in [1.165, 1.54) is 24.2 Å². The Morgan fingerprint density at radius 1 is 1.50 bits per heavy atom. The molecule has 1 aliphatic carbocycles. The highest BCUT2D eigenvalue weighted by molar-refractivity contribution is 7.10. The van der Waals surface area contributed by atoms with E-state index in [4.69, 9.17) is 9.84 Å². The molecule has 0 saturated heterocycles. The Bertz CT molecular complexity index is 495. The van der Waals surface area contributed by atoms with E-state index in [1.807, 2.05) is 0 Å². The van der Waals surface area contributed by atoms with Crippen LogP contribution < -0.4 is 5.32 Å². The van der Waals surface area contributed by atoms with Crippen LogP contribution in [0.15, 0.2) is 11.4 Å². The Balaban J connectivity index is 1.69. The predicted molar refractivity (Wildman–Crippen MR) is 78.8 cm³/mol. The molecule has 20 heavy (non-hydrogen) atoms. The van der Waals surface area contributed by atoms with Crippen LogP contribution in [0.3, 0.4) is 0 Å².